The minimum absolute atomic E-state index is 0.136. The fourth-order valence-electron chi connectivity index (χ4n) is 2.85. The zero-order valence-corrected chi connectivity index (χ0v) is 14.0. The van der Waals surface area contributed by atoms with Gasteiger partial charge in [-0.2, -0.15) is 0 Å². The van der Waals surface area contributed by atoms with Crippen molar-refractivity contribution >= 4 is 16.8 Å². The van der Waals surface area contributed by atoms with Crippen LogP contribution in [0.2, 0.25) is 0 Å². The first kappa shape index (κ1) is 16.0. The highest BCUT2D eigenvalue weighted by atomic mass is 16.1. The predicted molar refractivity (Wildman–Crippen MR) is 99.1 cm³/mol. The van der Waals surface area contributed by atoms with Crippen molar-refractivity contribution in [1.82, 2.24) is 24.8 Å². The topological polar surface area (TPSA) is 72.7 Å². The van der Waals surface area contributed by atoms with Crippen molar-refractivity contribution in [2.75, 3.05) is 6.54 Å². The molecule has 0 spiro atoms. The van der Waals surface area contributed by atoms with Crippen molar-refractivity contribution in [3.8, 4) is 5.82 Å². The Balaban J connectivity index is 1.39. The number of benzene rings is 1. The van der Waals surface area contributed by atoms with E-state index in [0.29, 0.717) is 12.1 Å². The monoisotopic (exact) mass is 343 g/mol. The maximum absolute atomic E-state index is 12.3. The molecule has 1 N–H and O–H groups in total. The number of amides is 1. The molecule has 0 saturated heterocycles. The molecule has 6 heteroatoms. The van der Waals surface area contributed by atoms with E-state index in [1.54, 1.807) is 47.8 Å². The molecule has 1 aromatic carbocycles. The van der Waals surface area contributed by atoms with E-state index >= 15 is 0 Å². The number of hydrogen-bond donors (Lipinski definition) is 1. The van der Waals surface area contributed by atoms with Crippen LogP contribution in [-0.4, -0.2) is 32.0 Å². The summed E-state index contributed by atoms with van der Waals surface area (Å²) in [5, 5.41) is 4.05. The highest BCUT2D eigenvalue weighted by molar-refractivity contribution is 5.94. The molecule has 0 saturated carbocycles. The van der Waals surface area contributed by atoms with Crippen LogP contribution in [0.1, 0.15) is 15.9 Å². The Hall–Kier alpha value is -3.54. The minimum atomic E-state index is -0.136. The van der Waals surface area contributed by atoms with Crippen molar-refractivity contribution in [1.29, 1.82) is 0 Å². The molecule has 4 aromatic rings. The van der Waals surface area contributed by atoms with E-state index in [2.05, 4.69) is 20.3 Å². The van der Waals surface area contributed by atoms with E-state index in [9.17, 15) is 4.79 Å². The van der Waals surface area contributed by atoms with Gasteiger partial charge in [0, 0.05) is 36.7 Å². The van der Waals surface area contributed by atoms with Crippen LogP contribution in [-0.2, 0) is 6.42 Å². The molecule has 128 valence electrons. The summed E-state index contributed by atoms with van der Waals surface area (Å²) in [6.45, 7) is 0.539. The largest absolute Gasteiger partial charge is 0.352 e. The number of pyridine rings is 2. The van der Waals surface area contributed by atoms with Crippen LogP contribution in [0, 0.1) is 0 Å². The average Bonchev–Trinajstić information content (AvgIpc) is 3.23. The molecule has 4 rings (SSSR count). The number of carbonyl (C=O) groups excluding carboxylic acids is 1. The number of nitrogens with one attached hydrogen (secondary N) is 1. The summed E-state index contributed by atoms with van der Waals surface area (Å²) >= 11 is 0. The van der Waals surface area contributed by atoms with E-state index in [-0.39, 0.29) is 5.91 Å². The van der Waals surface area contributed by atoms with E-state index in [4.69, 9.17) is 0 Å². The third-order valence-corrected chi connectivity index (χ3v) is 4.18. The molecular formula is C20H17N5O. The van der Waals surface area contributed by atoms with Gasteiger partial charge in [0.2, 0.25) is 0 Å². The van der Waals surface area contributed by atoms with E-state index in [1.165, 1.54) is 0 Å². The summed E-state index contributed by atoms with van der Waals surface area (Å²) in [6, 6.07) is 13.6. The molecule has 0 fully saturated rings. The molecule has 0 aliphatic carbocycles. The Bertz CT molecular complexity index is 1020. The molecule has 0 unspecified atom stereocenters. The smallest absolute Gasteiger partial charge is 0.252 e. The van der Waals surface area contributed by atoms with Crippen LogP contribution in [0.4, 0.5) is 0 Å². The maximum atomic E-state index is 12.3. The number of aromatic nitrogens is 4. The van der Waals surface area contributed by atoms with Crippen molar-refractivity contribution in [2.24, 2.45) is 0 Å². The van der Waals surface area contributed by atoms with Crippen LogP contribution in [0.3, 0.4) is 0 Å². The van der Waals surface area contributed by atoms with Gasteiger partial charge in [0.25, 0.3) is 5.91 Å². The maximum Gasteiger partial charge on any atom is 0.252 e. The Labute approximate surface area is 150 Å². The fourth-order valence-corrected chi connectivity index (χ4v) is 2.85. The molecule has 6 nitrogen and oxygen atoms in total. The first-order valence-corrected chi connectivity index (χ1v) is 8.36. The highest BCUT2D eigenvalue weighted by Gasteiger charge is 2.07. The lowest BCUT2D eigenvalue weighted by Crippen LogP contribution is -2.26. The number of imidazole rings is 1. The second kappa shape index (κ2) is 7.14. The molecule has 0 bridgehead atoms. The zero-order valence-electron chi connectivity index (χ0n) is 14.0. The lowest BCUT2D eigenvalue weighted by atomic mass is 10.1. The van der Waals surface area contributed by atoms with Gasteiger partial charge in [-0.3, -0.25) is 14.3 Å². The Morgan fingerprint density at radius 2 is 1.96 bits per heavy atom. The van der Waals surface area contributed by atoms with Crippen molar-refractivity contribution in [2.45, 2.75) is 6.42 Å². The van der Waals surface area contributed by atoms with Gasteiger partial charge < -0.3 is 5.32 Å². The summed E-state index contributed by atoms with van der Waals surface area (Å²) in [6.07, 6.45) is 9.24. The average molecular weight is 343 g/mol. The second-order valence-electron chi connectivity index (χ2n) is 5.87. The summed E-state index contributed by atoms with van der Waals surface area (Å²) in [4.78, 5) is 25.0. The summed E-state index contributed by atoms with van der Waals surface area (Å²) in [5.74, 6) is 0.587. The predicted octanol–water partition coefficient (Wildman–Crippen LogP) is 2.79. The number of hydrogen-bond acceptors (Lipinski definition) is 4. The second-order valence-corrected chi connectivity index (χ2v) is 5.87. The van der Waals surface area contributed by atoms with Gasteiger partial charge in [0.15, 0.2) is 0 Å². The number of rotatable bonds is 5. The Morgan fingerprint density at radius 1 is 1.04 bits per heavy atom. The number of para-hydroxylation sites is 1. The van der Waals surface area contributed by atoms with Crippen molar-refractivity contribution < 1.29 is 4.79 Å². The van der Waals surface area contributed by atoms with Crippen molar-refractivity contribution in [3.05, 3.63) is 84.7 Å². The molecule has 3 heterocycles. The van der Waals surface area contributed by atoms with Crippen LogP contribution in [0.25, 0.3) is 16.7 Å². The third-order valence-electron chi connectivity index (χ3n) is 4.18. The first-order chi connectivity index (χ1) is 12.8. The molecule has 0 radical (unpaired) electrons. The number of carbonyl (C=O) groups is 1. The molecule has 0 atom stereocenters. The lowest BCUT2D eigenvalue weighted by molar-refractivity contribution is 0.0954. The molecule has 1 amide bonds. The molecule has 3 aromatic heterocycles. The van der Waals surface area contributed by atoms with Crippen LogP contribution < -0.4 is 5.32 Å². The zero-order chi connectivity index (χ0) is 17.8. The molecular weight excluding hydrogens is 326 g/mol. The summed E-state index contributed by atoms with van der Waals surface area (Å²) in [7, 11) is 0. The quantitative estimate of drug-likeness (QED) is 0.605. The van der Waals surface area contributed by atoms with Gasteiger partial charge in [-0.15, -0.1) is 0 Å². The highest BCUT2D eigenvalue weighted by Crippen LogP contribution is 2.16. The van der Waals surface area contributed by atoms with Gasteiger partial charge in [0.05, 0.1) is 11.1 Å². The first-order valence-electron chi connectivity index (χ1n) is 8.36. The SMILES string of the molecule is O=C(NCCc1cccc2cccnc12)c1ccc(-n2ccnc2)nc1. The standard InChI is InChI=1S/C20H17N5O/c26-20(17-6-7-18(24-13-17)25-12-11-21-14-25)23-10-8-16-4-1-3-15-5-2-9-22-19(15)16/h1-7,9,11-14H,8,10H2,(H,23,26). The van der Waals surface area contributed by atoms with E-state index in [1.807, 2.05) is 30.3 Å². The minimum Gasteiger partial charge on any atom is -0.352 e. The normalized spacial score (nSPS) is 10.8. The summed E-state index contributed by atoms with van der Waals surface area (Å²) < 4.78 is 1.79. The summed E-state index contributed by atoms with van der Waals surface area (Å²) in [5.41, 5.74) is 2.64. The molecule has 0 aliphatic rings. The van der Waals surface area contributed by atoms with Gasteiger partial charge in [-0.1, -0.05) is 24.3 Å². The van der Waals surface area contributed by atoms with Gasteiger partial charge >= 0.3 is 0 Å². The Kier molecular flexibility index (Phi) is 4.38. The van der Waals surface area contributed by atoms with E-state index in [0.717, 1.165) is 28.7 Å². The molecule has 0 aliphatic heterocycles. The Morgan fingerprint density at radius 3 is 2.77 bits per heavy atom. The van der Waals surface area contributed by atoms with Crippen molar-refractivity contribution in [3.63, 3.8) is 0 Å². The van der Waals surface area contributed by atoms with Crippen LogP contribution >= 0.6 is 0 Å². The van der Waals surface area contributed by atoms with Gasteiger partial charge in [0.1, 0.15) is 12.1 Å². The molecule has 26 heavy (non-hydrogen) atoms. The van der Waals surface area contributed by atoms with Crippen LogP contribution in [0.5, 0.6) is 0 Å². The number of fused-ring (bicyclic) bond motifs is 1. The van der Waals surface area contributed by atoms with E-state index < -0.39 is 0 Å². The van der Waals surface area contributed by atoms with Gasteiger partial charge in [-0.05, 0) is 30.2 Å². The fraction of sp³-hybridized carbons (Fsp3) is 0.100. The van der Waals surface area contributed by atoms with Gasteiger partial charge in [-0.25, -0.2) is 9.97 Å². The third kappa shape index (κ3) is 3.30. The van der Waals surface area contributed by atoms with Crippen LogP contribution in [0.15, 0.2) is 73.6 Å². The number of nitrogens with zero attached hydrogens (tertiary/aromatic N) is 4. The lowest BCUT2D eigenvalue weighted by Gasteiger charge is -2.08.